The van der Waals surface area contributed by atoms with Crippen LogP contribution in [0.1, 0.15) is 15.9 Å². The van der Waals surface area contributed by atoms with Gasteiger partial charge in [-0.1, -0.05) is 24.3 Å². The van der Waals surface area contributed by atoms with E-state index in [-0.39, 0.29) is 11.4 Å². The number of para-hydroxylation sites is 1. The molecular formula is C16H11FO2. The molecule has 0 saturated heterocycles. The van der Waals surface area contributed by atoms with Gasteiger partial charge in [0.25, 0.3) is 0 Å². The molecule has 3 rings (SSSR count). The van der Waals surface area contributed by atoms with Crippen molar-refractivity contribution >= 4 is 17.3 Å². The maximum Gasteiger partial charge on any atom is 0.170 e. The smallest absolute Gasteiger partial charge is 0.170 e. The number of furan rings is 1. The first-order valence-corrected chi connectivity index (χ1v) is 5.93. The molecule has 3 aromatic rings. The van der Waals surface area contributed by atoms with Crippen LogP contribution >= 0.6 is 0 Å². The summed E-state index contributed by atoms with van der Waals surface area (Å²) in [5, 5.41) is 0.730. The number of hydrogen-bond acceptors (Lipinski definition) is 2. The third-order valence-electron chi connectivity index (χ3n) is 3.15. The van der Waals surface area contributed by atoms with Gasteiger partial charge >= 0.3 is 0 Å². The summed E-state index contributed by atoms with van der Waals surface area (Å²) in [6, 6.07) is 12.0. The predicted molar refractivity (Wildman–Crippen MR) is 71.7 cm³/mol. The number of halogens is 1. The molecule has 0 aliphatic carbocycles. The Kier molecular flexibility index (Phi) is 2.67. The Morgan fingerprint density at radius 3 is 2.68 bits per heavy atom. The van der Waals surface area contributed by atoms with Crippen LogP contribution < -0.4 is 0 Å². The van der Waals surface area contributed by atoms with Crippen LogP contribution in [-0.2, 0) is 0 Å². The van der Waals surface area contributed by atoms with Crippen LogP contribution in [0.3, 0.4) is 0 Å². The van der Waals surface area contributed by atoms with E-state index >= 15 is 0 Å². The van der Waals surface area contributed by atoms with Crippen LogP contribution in [0.4, 0.5) is 4.39 Å². The Labute approximate surface area is 109 Å². The van der Waals surface area contributed by atoms with E-state index in [9.17, 15) is 9.18 Å². The summed E-state index contributed by atoms with van der Waals surface area (Å²) in [7, 11) is 0. The summed E-state index contributed by atoms with van der Waals surface area (Å²) in [6.07, 6.45) is 0.801. The third kappa shape index (κ3) is 1.93. The molecule has 0 fully saturated rings. The number of fused-ring (bicyclic) bond motifs is 1. The summed E-state index contributed by atoms with van der Waals surface area (Å²) in [6.45, 7) is 1.89. The van der Waals surface area contributed by atoms with Crippen LogP contribution in [0.25, 0.3) is 22.3 Å². The first-order valence-electron chi connectivity index (χ1n) is 5.93. The average Bonchev–Trinajstić information content (AvgIpc) is 2.83. The van der Waals surface area contributed by atoms with E-state index in [0.29, 0.717) is 11.3 Å². The zero-order valence-corrected chi connectivity index (χ0v) is 10.3. The number of aryl methyl sites for hydroxylation is 1. The lowest BCUT2D eigenvalue weighted by atomic mass is 10.0. The van der Waals surface area contributed by atoms with Gasteiger partial charge in [-0.2, -0.15) is 0 Å². The van der Waals surface area contributed by atoms with E-state index in [0.717, 1.165) is 22.8 Å². The summed E-state index contributed by atoms with van der Waals surface area (Å²) in [5.41, 5.74) is 2.66. The Hall–Kier alpha value is -2.42. The van der Waals surface area contributed by atoms with Crippen molar-refractivity contribution in [3.05, 3.63) is 59.4 Å². The van der Waals surface area contributed by atoms with E-state index in [1.165, 1.54) is 6.07 Å². The fourth-order valence-electron chi connectivity index (χ4n) is 2.20. The maximum atomic E-state index is 13.6. The lowest BCUT2D eigenvalue weighted by Gasteiger charge is -2.02. The van der Waals surface area contributed by atoms with Crippen LogP contribution in [0.2, 0.25) is 0 Å². The lowest BCUT2D eigenvalue weighted by Crippen LogP contribution is -1.85. The third-order valence-corrected chi connectivity index (χ3v) is 3.15. The van der Waals surface area contributed by atoms with E-state index in [4.69, 9.17) is 4.42 Å². The van der Waals surface area contributed by atoms with E-state index in [1.807, 2.05) is 13.0 Å². The van der Waals surface area contributed by atoms with Crippen molar-refractivity contribution in [1.82, 2.24) is 0 Å². The fraction of sp³-hybridized carbons (Fsp3) is 0.0625. The molecule has 1 heterocycles. The number of aldehydes is 1. The molecule has 0 aliphatic heterocycles. The minimum absolute atomic E-state index is 0.261. The number of rotatable bonds is 2. The number of carbonyl (C=O) groups is 1. The molecule has 1 aromatic heterocycles. The Balaban J connectivity index is 2.19. The molecule has 0 saturated carbocycles. The molecule has 0 spiro atoms. The highest BCUT2D eigenvalue weighted by molar-refractivity contribution is 5.84. The standard InChI is InChI=1S/C16H11FO2/c1-10-7-11(9-18)5-6-13(10)15-8-12-3-2-4-14(17)16(12)19-15/h2-9H,1H3. The molecule has 2 aromatic carbocycles. The molecule has 0 radical (unpaired) electrons. The molecule has 0 aliphatic rings. The van der Waals surface area contributed by atoms with Crippen molar-refractivity contribution in [1.29, 1.82) is 0 Å². The van der Waals surface area contributed by atoms with Gasteiger partial charge in [-0.05, 0) is 30.7 Å². The Morgan fingerprint density at radius 1 is 1.16 bits per heavy atom. The largest absolute Gasteiger partial charge is 0.453 e. The van der Waals surface area contributed by atoms with Gasteiger partial charge in [0.2, 0.25) is 0 Å². The summed E-state index contributed by atoms with van der Waals surface area (Å²) in [5.74, 6) is 0.237. The minimum atomic E-state index is -0.370. The molecular weight excluding hydrogens is 243 g/mol. The van der Waals surface area contributed by atoms with Crippen molar-refractivity contribution in [2.75, 3.05) is 0 Å². The van der Waals surface area contributed by atoms with Gasteiger partial charge in [0.1, 0.15) is 12.0 Å². The van der Waals surface area contributed by atoms with Gasteiger partial charge in [0, 0.05) is 16.5 Å². The predicted octanol–water partition coefficient (Wildman–Crippen LogP) is 4.36. The quantitative estimate of drug-likeness (QED) is 0.636. The zero-order chi connectivity index (χ0) is 13.4. The molecule has 0 N–H and O–H groups in total. The minimum Gasteiger partial charge on any atom is -0.453 e. The summed E-state index contributed by atoms with van der Waals surface area (Å²) >= 11 is 0. The van der Waals surface area contributed by atoms with Gasteiger partial charge in [-0.25, -0.2) is 4.39 Å². The first kappa shape index (κ1) is 11.7. The first-order chi connectivity index (χ1) is 9.19. The zero-order valence-electron chi connectivity index (χ0n) is 10.3. The van der Waals surface area contributed by atoms with E-state index in [2.05, 4.69) is 0 Å². The molecule has 0 bridgehead atoms. The molecule has 0 atom stereocenters. The van der Waals surface area contributed by atoms with E-state index < -0.39 is 0 Å². The molecule has 19 heavy (non-hydrogen) atoms. The highest BCUT2D eigenvalue weighted by Crippen LogP contribution is 2.31. The van der Waals surface area contributed by atoms with Gasteiger partial charge < -0.3 is 4.42 Å². The second-order valence-corrected chi connectivity index (χ2v) is 4.46. The van der Waals surface area contributed by atoms with Crippen LogP contribution in [0.5, 0.6) is 0 Å². The molecule has 0 unspecified atom stereocenters. The van der Waals surface area contributed by atoms with Gasteiger partial charge in [-0.3, -0.25) is 4.79 Å². The number of benzene rings is 2. The van der Waals surface area contributed by atoms with Gasteiger partial charge in [0.05, 0.1) is 0 Å². The summed E-state index contributed by atoms with van der Waals surface area (Å²) < 4.78 is 19.2. The van der Waals surface area contributed by atoms with Crippen molar-refractivity contribution in [2.45, 2.75) is 6.92 Å². The van der Waals surface area contributed by atoms with Crippen LogP contribution in [-0.4, -0.2) is 6.29 Å². The van der Waals surface area contributed by atoms with Gasteiger partial charge in [0.15, 0.2) is 11.4 Å². The highest BCUT2D eigenvalue weighted by atomic mass is 19.1. The van der Waals surface area contributed by atoms with Crippen molar-refractivity contribution < 1.29 is 13.6 Å². The number of carbonyl (C=O) groups excluding carboxylic acids is 1. The van der Waals surface area contributed by atoms with Crippen molar-refractivity contribution in [2.24, 2.45) is 0 Å². The van der Waals surface area contributed by atoms with Gasteiger partial charge in [-0.15, -0.1) is 0 Å². The topological polar surface area (TPSA) is 30.2 Å². The molecule has 94 valence electrons. The average molecular weight is 254 g/mol. The molecule has 2 nitrogen and oxygen atoms in total. The molecule has 3 heteroatoms. The lowest BCUT2D eigenvalue weighted by molar-refractivity contribution is 0.112. The highest BCUT2D eigenvalue weighted by Gasteiger charge is 2.11. The monoisotopic (exact) mass is 254 g/mol. The normalized spacial score (nSPS) is 10.8. The second-order valence-electron chi connectivity index (χ2n) is 4.46. The summed E-state index contributed by atoms with van der Waals surface area (Å²) in [4.78, 5) is 10.7. The second kappa shape index (κ2) is 4.35. The van der Waals surface area contributed by atoms with E-state index in [1.54, 1.807) is 30.3 Å². The Bertz CT molecular complexity index is 772. The maximum absolute atomic E-state index is 13.6. The Morgan fingerprint density at radius 2 is 2.00 bits per heavy atom. The van der Waals surface area contributed by atoms with Crippen molar-refractivity contribution in [3.8, 4) is 11.3 Å². The SMILES string of the molecule is Cc1cc(C=O)ccc1-c1cc2cccc(F)c2o1. The fourth-order valence-corrected chi connectivity index (χ4v) is 2.20. The molecule has 0 amide bonds. The van der Waals surface area contributed by atoms with Crippen molar-refractivity contribution in [3.63, 3.8) is 0 Å². The van der Waals surface area contributed by atoms with Crippen LogP contribution in [0.15, 0.2) is 46.9 Å². The number of hydrogen-bond donors (Lipinski definition) is 0. The van der Waals surface area contributed by atoms with Crippen LogP contribution in [0, 0.1) is 12.7 Å².